The highest BCUT2D eigenvalue weighted by Crippen LogP contribution is 2.32. The van der Waals surface area contributed by atoms with E-state index >= 15 is 0 Å². The zero-order valence-corrected chi connectivity index (χ0v) is 14.1. The fourth-order valence-electron chi connectivity index (χ4n) is 2.64. The third-order valence-corrected chi connectivity index (χ3v) is 4.88. The first-order valence-electron chi connectivity index (χ1n) is 7.64. The van der Waals surface area contributed by atoms with Crippen molar-refractivity contribution in [2.24, 2.45) is 7.05 Å². The number of pyridine rings is 1. The van der Waals surface area contributed by atoms with Crippen LogP contribution in [-0.2, 0) is 7.05 Å². The summed E-state index contributed by atoms with van der Waals surface area (Å²) in [4.78, 5) is 13.0. The molecule has 0 radical (unpaired) electrons. The van der Waals surface area contributed by atoms with Crippen LogP contribution in [0.1, 0.15) is 17.4 Å². The SMILES string of the molecule is CNCC[C@H](Oc1cccc2c1ccc(=O)n2C)c1cccs1. The Morgan fingerprint density at radius 1 is 1.22 bits per heavy atom. The van der Waals surface area contributed by atoms with Crippen LogP contribution in [0.25, 0.3) is 10.9 Å². The minimum atomic E-state index is -0.0142. The van der Waals surface area contributed by atoms with Crippen molar-refractivity contribution in [2.75, 3.05) is 13.6 Å². The minimum Gasteiger partial charge on any atom is -0.484 e. The van der Waals surface area contributed by atoms with Gasteiger partial charge in [-0.3, -0.25) is 4.79 Å². The number of rotatable bonds is 6. The lowest BCUT2D eigenvalue weighted by Crippen LogP contribution is -2.17. The third-order valence-electron chi connectivity index (χ3n) is 3.91. The number of aromatic nitrogens is 1. The van der Waals surface area contributed by atoms with Gasteiger partial charge < -0.3 is 14.6 Å². The van der Waals surface area contributed by atoms with Crippen LogP contribution >= 0.6 is 11.3 Å². The van der Waals surface area contributed by atoms with E-state index in [-0.39, 0.29) is 11.7 Å². The highest BCUT2D eigenvalue weighted by atomic mass is 32.1. The average Bonchev–Trinajstić information content (AvgIpc) is 3.09. The second-order valence-electron chi connectivity index (χ2n) is 5.43. The molecule has 5 heteroatoms. The Morgan fingerprint density at radius 3 is 2.83 bits per heavy atom. The lowest BCUT2D eigenvalue weighted by atomic mass is 10.1. The van der Waals surface area contributed by atoms with Gasteiger partial charge in [0.15, 0.2) is 0 Å². The zero-order chi connectivity index (χ0) is 16.2. The van der Waals surface area contributed by atoms with E-state index in [9.17, 15) is 4.79 Å². The van der Waals surface area contributed by atoms with Crippen LogP contribution < -0.4 is 15.6 Å². The van der Waals surface area contributed by atoms with Gasteiger partial charge in [-0.15, -0.1) is 11.3 Å². The first-order chi connectivity index (χ1) is 11.2. The summed E-state index contributed by atoms with van der Waals surface area (Å²) in [5.74, 6) is 0.813. The van der Waals surface area contributed by atoms with Crippen LogP contribution in [0.5, 0.6) is 5.75 Å². The van der Waals surface area contributed by atoms with Crippen molar-refractivity contribution in [2.45, 2.75) is 12.5 Å². The molecule has 0 saturated heterocycles. The Balaban J connectivity index is 1.98. The molecule has 1 aromatic carbocycles. The summed E-state index contributed by atoms with van der Waals surface area (Å²) in [6.07, 6.45) is 0.893. The number of ether oxygens (including phenoxy) is 1. The lowest BCUT2D eigenvalue weighted by molar-refractivity contribution is 0.201. The second kappa shape index (κ2) is 6.98. The maximum Gasteiger partial charge on any atom is 0.250 e. The van der Waals surface area contributed by atoms with E-state index in [1.54, 1.807) is 29.0 Å². The topological polar surface area (TPSA) is 43.3 Å². The van der Waals surface area contributed by atoms with E-state index in [2.05, 4.69) is 16.8 Å². The molecule has 1 N–H and O–H groups in total. The highest BCUT2D eigenvalue weighted by molar-refractivity contribution is 7.10. The van der Waals surface area contributed by atoms with Gasteiger partial charge in [0.2, 0.25) is 0 Å². The van der Waals surface area contributed by atoms with Crippen molar-refractivity contribution in [1.82, 2.24) is 9.88 Å². The van der Waals surface area contributed by atoms with E-state index < -0.39 is 0 Å². The maximum absolute atomic E-state index is 11.8. The van der Waals surface area contributed by atoms with Gasteiger partial charge >= 0.3 is 0 Å². The lowest BCUT2D eigenvalue weighted by Gasteiger charge is -2.19. The molecule has 0 aliphatic carbocycles. The van der Waals surface area contributed by atoms with Crippen molar-refractivity contribution in [3.63, 3.8) is 0 Å². The van der Waals surface area contributed by atoms with Crippen LogP contribution in [0.3, 0.4) is 0 Å². The third kappa shape index (κ3) is 3.30. The molecule has 120 valence electrons. The van der Waals surface area contributed by atoms with E-state index in [0.29, 0.717) is 0 Å². The monoisotopic (exact) mass is 328 g/mol. The first kappa shape index (κ1) is 15.8. The molecular formula is C18H20N2O2S. The zero-order valence-electron chi connectivity index (χ0n) is 13.3. The molecule has 0 spiro atoms. The summed E-state index contributed by atoms with van der Waals surface area (Å²) >= 11 is 1.70. The normalized spacial score (nSPS) is 12.4. The summed E-state index contributed by atoms with van der Waals surface area (Å²) in [5, 5.41) is 6.21. The van der Waals surface area contributed by atoms with Gasteiger partial charge in [0.25, 0.3) is 5.56 Å². The Bertz CT molecular complexity index is 840. The van der Waals surface area contributed by atoms with Gasteiger partial charge in [0.05, 0.1) is 5.52 Å². The number of hydrogen-bond acceptors (Lipinski definition) is 4. The number of fused-ring (bicyclic) bond motifs is 1. The molecule has 0 saturated carbocycles. The molecular weight excluding hydrogens is 308 g/mol. The van der Waals surface area contributed by atoms with Gasteiger partial charge in [0.1, 0.15) is 11.9 Å². The molecule has 3 rings (SSSR count). The van der Waals surface area contributed by atoms with Gasteiger partial charge in [-0.1, -0.05) is 12.1 Å². The van der Waals surface area contributed by atoms with E-state index in [1.165, 1.54) is 4.88 Å². The van der Waals surface area contributed by atoms with E-state index in [4.69, 9.17) is 4.74 Å². The van der Waals surface area contributed by atoms with E-state index in [1.807, 2.05) is 37.4 Å². The predicted molar refractivity (Wildman–Crippen MR) is 95.4 cm³/mol. The number of nitrogens with zero attached hydrogens (tertiary/aromatic N) is 1. The standard InChI is InChI=1S/C18H20N2O2S/c1-19-11-10-16(17-7-4-12-23-17)22-15-6-3-5-14-13(15)8-9-18(21)20(14)2/h3-9,12,16,19H,10-11H2,1-2H3/t16-/m0/s1. The molecule has 0 unspecified atom stereocenters. The molecule has 0 bridgehead atoms. The number of aryl methyl sites for hydroxylation is 1. The minimum absolute atomic E-state index is 0.00489. The summed E-state index contributed by atoms with van der Waals surface area (Å²) < 4.78 is 7.97. The Kier molecular flexibility index (Phi) is 4.79. The van der Waals surface area contributed by atoms with Crippen LogP contribution in [-0.4, -0.2) is 18.2 Å². The van der Waals surface area contributed by atoms with Crippen LogP contribution in [0.15, 0.2) is 52.6 Å². The molecule has 2 heterocycles. The summed E-state index contributed by atoms with van der Waals surface area (Å²) in [6, 6.07) is 13.4. The van der Waals surface area contributed by atoms with Crippen LogP contribution in [0.4, 0.5) is 0 Å². The summed E-state index contributed by atoms with van der Waals surface area (Å²) in [5.41, 5.74) is 0.869. The highest BCUT2D eigenvalue weighted by Gasteiger charge is 2.16. The Hall–Kier alpha value is -2.11. The smallest absolute Gasteiger partial charge is 0.250 e. The maximum atomic E-state index is 11.8. The number of nitrogens with one attached hydrogen (secondary N) is 1. The number of hydrogen-bond donors (Lipinski definition) is 1. The van der Waals surface area contributed by atoms with Crippen LogP contribution in [0, 0.1) is 0 Å². The quantitative estimate of drug-likeness (QED) is 0.755. The molecule has 2 aromatic heterocycles. The Labute approximate surface area is 139 Å². The molecule has 0 fully saturated rings. The Morgan fingerprint density at radius 2 is 2.09 bits per heavy atom. The predicted octanol–water partition coefficient (Wildman–Crippen LogP) is 3.33. The summed E-state index contributed by atoms with van der Waals surface area (Å²) in [7, 11) is 3.73. The molecule has 0 amide bonds. The second-order valence-corrected chi connectivity index (χ2v) is 6.41. The van der Waals surface area contributed by atoms with E-state index in [0.717, 1.165) is 29.6 Å². The number of benzene rings is 1. The van der Waals surface area contributed by atoms with Crippen molar-refractivity contribution in [3.05, 3.63) is 63.1 Å². The molecule has 4 nitrogen and oxygen atoms in total. The molecule has 0 aliphatic rings. The van der Waals surface area contributed by atoms with Gasteiger partial charge in [0, 0.05) is 29.8 Å². The van der Waals surface area contributed by atoms with Crippen molar-refractivity contribution in [3.8, 4) is 5.75 Å². The average molecular weight is 328 g/mol. The molecule has 23 heavy (non-hydrogen) atoms. The van der Waals surface area contributed by atoms with Crippen molar-refractivity contribution in [1.29, 1.82) is 0 Å². The van der Waals surface area contributed by atoms with Gasteiger partial charge in [-0.25, -0.2) is 0 Å². The van der Waals surface area contributed by atoms with Gasteiger partial charge in [-0.05, 0) is 43.2 Å². The van der Waals surface area contributed by atoms with Crippen molar-refractivity contribution < 1.29 is 4.74 Å². The van der Waals surface area contributed by atoms with Crippen molar-refractivity contribution >= 4 is 22.2 Å². The fourth-order valence-corrected chi connectivity index (χ4v) is 3.43. The first-order valence-corrected chi connectivity index (χ1v) is 8.52. The molecule has 1 atom stereocenters. The van der Waals surface area contributed by atoms with Gasteiger partial charge in [-0.2, -0.15) is 0 Å². The summed E-state index contributed by atoms with van der Waals surface area (Å²) in [6.45, 7) is 0.881. The number of thiophene rings is 1. The van der Waals surface area contributed by atoms with Crippen LogP contribution in [0.2, 0.25) is 0 Å². The molecule has 3 aromatic rings. The molecule has 0 aliphatic heterocycles. The fraction of sp³-hybridized carbons (Fsp3) is 0.278. The largest absolute Gasteiger partial charge is 0.484 e.